The largest absolute Gasteiger partial charge is 0.346 e. The molecule has 0 amide bonds. The Morgan fingerprint density at radius 2 is 2.07 bits per heavy atom. The molecule has 0 saturated carbocycles. The second-order valence-electron chi connectivity index (χ2n) is 3.23. The summed E-state index contributed by atoms with van der Waals surface area (Å²) in [6.07, 6.45) is 3.13. The topological polar surface area (TPSA) is 4.93 Å². The second kappa shape index (κ2) is 4.37. The quantitative estimate of drug-likeness (QED) is 0.742. The van der Waals surface area contributed by atoms with E-state index >= 15 is 0 Å². The summed E-state index contributed by atoms with van der Waals surface area (Å²) < 4.78 is 2.21. The number of para-hydroxylation sites is 1. The van der Waals surface area contributed by atoms with Crippen LogP contribution in [0.25, 0.3) is 10.9 Å². The summed E-state index contributed by atoms with van der Waals surface area (Å²) in [7, 11) is 0. The lowest BCUT2D eigenvalue weighted by atomic mass is 10.2. The van der Waals surface area contributed by atoms with Crippen LogP contribution in [0.4, 0.5) is 0 Å². The van der Waals surface area contributed by atoms with Gasteiger partial charge in [0.05, 0.1) is 5.02 Å². The van der Waals surface area contributed by atoms with Gasteiger partial charge in [-0.3, -0.25) is 0 Å². The Bertz CT molecular complexity index is 436. The predicted octanol–water partition coefficient (Wildman–Crippen LogP) is 4.08. The molecule has 14 heavy (non-hydrogen) atoms. The van der Waals surface area contributed by atoms with E-state index in [0.717, 1.165) is 28.7 Å². The molecule has 0 saturated heterocycles. The van der Waals surface area contributed by atoms with Crippen molar-refractivity contribution in [3.05, 3.63) is 35.5 Å². The highest BCUT2D eigenvalue weighted by molar-refractivity contribution is 9.09. The van der Waals surface area contributed by atoms with Gasteiger partial charge in [-0.2, -0.15) is 0 Å². The van der Waals surface area contributed by atoms with E-state index in [4.69, 9.17) is 11.6 Å². The molecule has 0 aliphatic carbocycles. The Morgan fingerprint density at radius 3 is 2.86 bits per heavy atom. The average Bonchev–Trinajstić information content (AvgIpc) is 2.54. The normalized spacial score (nSPS) is 11.0. The lowest BCUT2D eigenvalue weighted by molar-refractivity contribution is 0.711. The van der Waals surface area contributed by atoms with Gasteiger partial charge in [-0.1, -0.05) is 45.7 Å². The van der Waals surface area contributed by atoms with E-state index in [9.17, 15) is 0 Å². The van der Waals surface area contributed by atoms with Crippen LogP contribution in [-0.4, -0.2) is 9.90 Å². The van der Waals surface area contributed by atoms with Crippen LogP contribution in [0.1, 0.15) is 6.42 Å². The number of rotatable bonds is 3. The first-order valence-corrected chi connectivity index (χ1v) is 6.12. The molecule has 0 unspecified atom stereocenters. The SMILES string of the molecule is Clc1cn(CCCBr)c2ccccc12. The first-order valence-electron chi connectivity index (χ1n) is 4.62. The summed E-state index contributed by atoms with van der Waals surface area (Å²) in [6, 6.07) is 8.23. The predicted molar refractivity (Wildman–Crippen MR) is 65.4 cm³/mol. The van der Waals surface area contributed by atoms with Crippen molar-refractivity contribution in [2.45, 2.75) is 13.0 Å². The smallest absolute Gasteiger partial charge is 0.0661 e. The molecule has 1 aromatic carbocycles. The maximum absolute atomic E-state index is 6.12. The highest BCUT2D eigenvalue weighted by Crippen LogP contribution is 2.25. The third-order valence-electron chi connectivity index (χ3n) is 2.27. The number of nitrogens with zero attached hydrogens (tertiary/aromatic N) is 1. The van der Waals surface area contributed by atoms with Gasteiger partial charge in [-0.05, 0) is 12.5 Å². The van der Waals surface area contributed by atoms with Crippen molar-refractivity contribution in [2.75, 3.05) is 5.33 Å². The fourth-order valence-corrected chi connectivity index (χ4v) is 2.15. The average molecular weight is 273 g/mol. The Kier molecular flexibility index (Phi) is 3.14. The van der Waals surface area contributed by atoms with Gasteiger partial charge in [0.1, 0.15) is 0 Å². The highest BCUT2D eigenvalue weighted by atomic mass is 79.9. The maximum Gasteiger partial charge on any atom is 0.0661 e. The first kappa shape index (κ1) is 10.1. The van der Waals surface area contributed by atoms with E-state index in [1.54, 1.807) is 0 Å². The van der Waals surface area contributed by atoms with E-state index in [2.05, 4.69) is 32.6 Å². The lowest BCUT2D eigenvalue weighted by Crippen LogP contribution is -1.95. The minimum absolute atomic E-state index is 0.843. The number of halogens is 2. The molecule has 0 atom stereocenters. The second-order valence-corrected chi connectivity index (χ2v) is 4.43. The molecule has 1 aromatic heterocycles. The summed E-state index contributed by atoms with van der Waals surface area (Å²) in [5.41, 5.74) is 1.22. The molecule has 0 radical (unpaired) electrons. The highest BCUT2D eigenvalue weighted by Gasteiger charge is 2.04. The minimum Gasteiger partial charge on any atom is -0.346 e. The first-order chi connectivity index (χ1) is 6.83. The van der Waals surface area contributed by atoms with E-state index in [1.807, 2.05) is 18.3 Å². The van der Waals surface area contributed by atoms with Crippen molar-refractivity contribution in [1.29, 1.82) is 0 Å². The zero-order chi connectivity index (χ0) is 9.97. The van der Waals surface area contributed by atoms with Crippen LogP contribution in [0.5, 0.6) is 0 Å². The van der Waals surface area contributed by atoms with Crippen molar-refractivity contribution in [3.63, 3.8) is 0 Å². The summed E-state index contributed by atoms with van der Waals surface area (Å²) >= 11 is 9.56. The Balaban J connectivity index is 2.44. The van der Waals surface area contributed by atoms with Crippen LogP contribution in [0.2, 0.25) is 5.02 Å². The number of hydrogen-bond donors (Lipinski definition) is 0. The number of fused-ring (bicyclic) bond motifs is 1. The van der Waals surface area contributed by atoms with Gasteiger partial charge in [0.25, 0.3) is 0 Å². The number of aryl methyl sites for hydroxylation is 1. The molecule has 1 heterocycles. The van der Waals surface area contributed by atoms with Crippen LogP contribution in [0.15, 0.2) is 30.5 Å². The minimum atomic E-state index is 0.843. The van der Waals surface area contributed by atoms with E-state index in [0.29, 0.717) is 0 Å². The number of benzene rings is 1. The molecule has 0 bridgehead atoms. The summed E-state index contributed by atoms with van der Waals surface area (Å²) in [4.78, 5) is 0. The van der Waals surface area contributed by atoms with Gasteiger partial charge in [-0.15, -0.1) is 0 Å². The van der Waals surface area contributed by atoms with Gasteiger partial charge < -0.3 is 4.57 Å². The molecule has 74 valence electrons. The molecule has 0 aliphatic heterocycles. The number of aromatic nitrogens is 1. The Hall–Kier alpha value is -0.470. The molecule has 1 nitrogen and oxygen atoms in total. The van der Waals surface area contributed by atoms with Crippen LogP contribution in [-0.2, 0) is 6.54 Å². The summed E-state index contributed by atoms with van der Waals surface area (Å²) in [5, 5.41) is 3.01. The van der Waals surface area contributed by atoms with Gasteiger partial charge >= 0.3 is 0 Å². The molecule has 2 rings (SSSR count). The van der Waals surface area contributed by atoms with Crippen LogP contribution >= 0.6 is 27.5 Å². The molecule has 0 spiro atoms. The number of alkyl halides is 1. The van der Waals surface area contributed by atoms with Crippen molar-refractivity contribution >= 4 is 38.4 Å². The molecule has 3 heteroatoms. The fraction of sp³-hybridized carbons (Fsp3) is 0.273. The fourth-order valence-electron chi connectivity index (χ4n) is 1.62. The van der Waals surface area contributed by atoms with Crippen molar-refractivity contribution in [3.8, 4) is 0 Å². The lowest BCUT2D eigenvalue weighted by Gasteiger charge is -2.02. The molecule has 2 aromatic rings. The van der Waals surface area contributed by atoms with Crippen LogP contribution in [0, 0.1) is 0 Å². The van der Waals surface area contributed by atoms with Crippen molar-refractivity contribution in [2.24, 2.45) is 0 Å². The number of hydrogen-bond acceptors (Lipinski definition) is 0. The third kappa shape index (κ3) is 1.82. The van der Waals surface area contributed by atoms with Gasteiger partial charge in [0, 0.05) is 29.0 Å². The third-order valence-corrected chi connectivity index (χ3v) is 3.13. The molecule has 0 aliphatic rings. The zero-order valence-corrected chi connectivity index (χ0v) is 10.1. The monoisotopic (exact) mass is 271 g/mol. The van der Waals surface area contributed by atoms with Crippen LogP contribution in [0.3, 0.4) is 0 Å². The standard InChI is InChI=1S/C11H11BrClN/c12-6-3-7-14-8-10(13)9-4-1-2-5-11(9)14/h1-2,4-5,8H,3,6-7H2. The molecular weight excluding hydrogens is 261 g/mol. The Morgan fingerprint density at radius 1 is 1.29 bits per heavy atom. The Labute approximate surface area is 96.8 Å². The molecule has 0 N–H and O–H groups in total. The van der Waals surface area contributed by atoms with Gasteiger partial charge in [0.15, 0.2) is 0 Å². The summed E-state index contributed by atoms with van der Waals surface area (Å²) in [5.74, 6) is 0. The maximum atomic E-state index is 6.12. The van der Waals surface area contributed by atoms with E-state index in [-0.39, 0.29) is 0 Å². The molecular formula is C11H11BrClN. The van der Waals surface area contributed by atoms with Crippen molar-refractivity contribution in [1.82, 2.24) is 4.57 Å². The van der Waals surface area contributed by atoms with E-state index in [1.165, 1.54) is 5.52 Å². The van der Waals surface area contributed by atoms with Gasteiger partial charge in [-0.25, -0.2) is 0 Å². The van der Waals surface area contributed by atoms with Gasteiger partial charge in [0.2, 0.25) is 0 Å². The van der Waals surface area contributed by atoms with Crippen LogP contribution < -0.4 is 0 Å². The zero-order valence-electron chi connectivity index (χ0n) is 7.71. The van der Waals surface area contributed by atoms with E-state index < -0.39 is 0 Å². The summed E-state index contributed by atoms with van der Waals surface area (Å²) in [6.45, 7) is 1.01. The molecule has 0 fully saturated rings. The van der Waals surface area contributed by atoms with Crippen molar-refractivity contribution < 1.29 is 0 Å².